The number of aromatic nitrogens is 2. The summed E-state index contributed by atoms with van der Waals surface area (Å²) in [4.78, 5) is 26.4. The van der Waals surface area contributed by atoms with Crippen LogP contribution in [-0.4, -0.2) is 9.55 Å². The van der Waals surface area contributed by atoms with Gasteiger partial charge >= 0.3 is 5.69 Å². The lowest BCUT2D eigenvalue weighted by atomic mass is 10.1. The molecule has 4 nitrogen and oxygen atoms in total. The van der Waals surface area contributed by atoms with Crippen molar-refractivity contribution in [1.29, 1.82) is 0 Å². The molecule has 0 atom stereocenters. The van der Waals surface area contributed by atoms with Crippen LogP contribution in [-0.2, 0) is 6.42 Å². The van der Waals surface area contributed by atoms with E-state index in [0.717, 1.165) is 17.4 Å². The minimum Gasteiger partial charge on any atom is -0.297 e. The first-order chi connectivity index (χ1) is 9.04. The number of hydrogen-bond donors (Lipinski definition) is 1. The molecule has 0 spiro atoms. The third kappa shape index (κ3) is 2.63. The van der Waals surface area contributed by atoms with Gasteiger partial charge in [-0.25, -0.2) is 9.36 Å². The Morgan fingerprint density at radius 2 is 1.84 bits per heavy atom. The lowest BCUT2D eigenvalue weighted by Crippen LogP contribution is -2.35. The summed E-state index contributed by atoms with van der Waals surface area (Å²) in [5.74, 6) is 0. The van der Waals surface area contributed by atoms with Gasteiger partial charge in [-0.2, -0.15) is 0 Å². The first-order valence-electron chi connectivity index (χ1n) is 6.15. The third-order valence-electron chi connectivity index (χ3n) is 3.01. The lowest BCUT2D eigenvalue weighted by molar-refractivity contribution is 0.857. The molecular weight excluding hydrogens is 264 g/mol. The van der Waals surface area contributed by atoms with Gasteiger partial charge in [-0.1, -0.05) is 37.1 Å². The highest BCUT2D eigenvalue weighted by atomic mass is 35.5. The molecule has 0 saturated heterocycles. The topological polar surface area (TPSA) is 54.9 Å². The second-order valence-electron chi connectivity index (χ2n) is 4.43. The molecule has 1 N–H and O–H groups in total. The Morgan fingerprint density at radius 1 is 1.21 bits per heavy atom. The summed E-state index contributed by atoms with van der Waals surface area (Å²) in [6.45, 7) is 3.69. The molecule has 19 heavy (non-hydrogen) atoms. The molecule has 0 aliphatic carbocycles. The van der Waals surface area contributed by atoms with Crippen LogP contribution < -0.4 is 11.2 Å². The molecule has 1 aromatic heterocycles. The quantitative estimate of drug-likeness (QED) is 0.877. The molecule has 100 valence electrons. The van der Waals surface area contributed by atoms with Crippen LogP contribution in [0.25, 0.3) is 5.69 Å². The van der Waals surface area contributed by atoms with Crippen molar-refractivity contribution in [3.63, 3.8) is 0 Å². The van der Waals surface area contributed by atoms with E-state index < -0.39 is 11.2 Å². The number of rotatable bonds is 3. The van der Waals surface area contributed by atoms with E-state index in [-0.39, 0.29) is 5.15 Å². The number of aromatic amines is 1. The van der Waals surface area contributed by atoms with Gasteiger partial charge in [0.2, 0.25) is 0 Å². The molecule has 0 saturated carbocycles. The van der Waals surface area contributed by atoms with Crippen LogP contribution in [0.3, 0.4) is 0 Å². The average molecular weight is 279 g/mol. The minimum absolute atomic E-state index is 0.0915. The molecule has 2 aromatic rings. The van der Waals surface area contributed by atoms with Gasteiger partial charge in [0.1, 0.15) is 5.15 Å². The van der Waals surface area contributed by atoms with E-state index in [2.05, 4.69) is 11.9 Å². The Hall–Kier alpha value is -1.81. The fourth-order valence-corrected chi connectivity index (χ4v) is 2.09. The zero-order valence-corrected chi connectivity index (χ0v) is 11.6. The van der Waals surface area contributed by atoms with Crippen molar-refractivity contribution in [2.75, 3.05) is 0 Å². The predicted molar refractivity (Wildman–Crippen MR) is 76.4 cm³/mol. The molecule has 0 bridgehead atoms. The Kier molecular flexibility index (Phi) is 3.90. The van der Waals surface area contributed by atoms with Crippen molar-refractivity contribution < 1.29 is 0 Å². The molecule has 0 radical (unpaired) electrons. The summed E-state index contributed by atoms with van der Waals surface area (Å²) < 4.78 is 1.09. The summed E-state index contributed by atoms with van der Waals surface area (Å²) in [5, 5.41) is 0.0915. The molecule has 0 aliphatic heterocycles. The van der Waals surface area contributed by atoms with E-state index in [0.29, 0.717) is 11.3 Å². The van der Waals surface area contributed by atoms with Crippen molar-refractivity contribution in [2.24, 2.45) is 0 Å². The van der Waals surface area contributed by atoms with E-state index in [1.165, 1.54) is 5.56 Å². The maximum absolute atomic E-state index is 12.1. The first kappa shape index (κ1) is 13.6. The van der Waals surface area contributed by atoms with Crippen molar-refractivity contribution in [3.05, 3.63) is 61.4 Å². The van der Waals surface area contributed by atoms with Crippen molar-refractivity contribution in [2.45, 2.75) is 26.7 Å². The number of H-pyrrole nitrogens is 1. The number of benzene rings is 1. The van der Waals surface area contributed by atoms with Crippen LogP contribution in [0.15, 0.2) is 33.9 Å². The Bertz CT molecular complexity index is 699. The molecule has 2 rings (SSSR count). The van der Waals surface area contributed by atoms with Crippen LogP contribution >= 0.6 is 11.6 Å². The largest absolute Gasteiger partial charge is 0.334 e. The maximum atomic E-state index is 12.1. The summed E-state index contributed by atoms with van der Waals surface area (Å²) >= 11 is 5.78. The Balaban J connectivity index is 2.56. The van der Waals surface area contributed by atoms with Crippen molar-refractivity contribution >= 4 is 11.6 Å². The van der Waals surface area contributed by atoms with Gasteiger partial charge in [-0.3, -0.25) is 9.78 Å². The molecule has 1 heterocycles. The second-order valence-corrected chi connectivity index (χ2v) is 4.80. The highest BCUT2D eigenvalue weighted by molar-refractivity contribution is 6.30. The average Bonchev–Trinajstić information content (AvgIpc) is 2.38. The standard InChI is InChI=1S/C14H15ClN2O2/c1-3-4-10-5-7-11(8-6-10)17-13(18)9(2)12(15)16-14(17)19/h5-8H,3-4H2,1-2H3,(H,16,19). The van der Waals surface area contributed by atoms with Gasteiger partial charge < -0.3 is 0 Å². The first-order valence-corrected chi connectivity index (χ1v) is 6.53. The molecule has 0 fully saturated rings. The predicted octanol–water partition coefficient (Wildman–Crippen LogP) is 2.44. The molecule has 0 aliphatic rings. The smallest absolute Gasteiger partial charge is 0.297 e. The maximum Gasteiger partial charge on any atom is 0.334 e. The molecule has 5 heteroatoms. The molecule has 1 aromatic carbocycles. The van der Waals surface area contributed by atoms with E-state index in [9.17, 15) is 9.59 Å². The van der Waals surface area contributed by atoms with Gasteiger partial charge in [0.25, 0.3) is 5.56 Å². The number of nitrogens with one attached hydrogen (secondary N) is 1. The normalized spacial score (nSPS) is 10.7. The highest BCUT2D eigenvalue weighted by Gasteiger charge is 2.10. The summed E-state index contributed by atoms with van der Waals surface area (Å²) in [7, 11) is 0. The number of aryl methyl sites for hydroxylation is 1. The van der Waals surface area contributed by atoms with E-state index in [1.807, 2.05) is 12.1 Å². The van der Waals surface area contributed by atoms with Crippen LogP contribution in [0.1, 0.15) is 24.5 Å². The van der Waals surface area contributed by atoms with Gasteiger partial charge in [0.15, 0.2) is 0 Å². The van der Waals surface area contributed by atoms with Gasteiger partial charge in [-0.15, -0.1) is 0 Å². The number of halogens is 1. The van der Waals surface area contributed by atoms with Crippen LogP contribution in [0.4, 0.5) is 0 Å². The van der Waals surface area contributed by atoms with Gasteiger partial charge in [0, 0.05) is 0 Å². The van der Waals surface area contributed by atoms with E-state index >= 15 is 0 Å². The second kappa shape index (κ2) is 5.45. The highest BCUT2D eigenvalue weighted by Crippen LogP contribution is 2.10. The fraction of sp³-hybridized carbons (Fsp3) is 0.286. The summed E-state index contributed by atoms with van der Waals surface area (Å²) in [6.07, 6.45) is 2.03. The zero-order valence-electron chi connectivity index (χ0n) is 10.9. The SMILES string of the molecule is CCCc1ccc(-n2c(=O)[nH]c(Cl)c(C)c2=O)cc1. The van der Waals surface area contributed by atoms with Crippen molar-refractivity contribution in [3.8, 4) is 5.69 Å². The number of nitrogens with zero attached hydrogens (tertiary/aromatic N) is 1. The summed E-state index contributed by atoms with van der Waals surface area (Å²) in [5.41, 5.74) is 1.15. The van der Waals surface area contributed by atoms with Gasteiger partial charge in [0.05, 0.1) is 11.3 Å². The molecular formula is C14H15ClN2O2. The minimum atomic E-state index is -0.524. The number of hydrogen-bond acceptors (Lipinski definition) is 2. The Labute approximate surface area is 115 Å². The van der Waals surface area contributed by atoms with E-state index in [1.54, 1.807) is 19.1 Å². The monoisotopic (exact) mass is 278 g/mol. The molecule has 0 unspecified atom stereocenters. The van der Waals surface area contributed by atoms with Crippen LogP contribution in [0.2, 0.25) is 5.15 Å². The third-order valence-corrected chi connectivity index (χ3v) is 3.38. The zero-order chi connectivity index (χ0) is 14.0. The van der Waals surface area contributed by atoms with Crippen LogP contribution in [0, 0.1) is 6.92 Å². The van der Waals surface area contributed by atoms with E-state index in [4.69, 9.17) is 11.6 Å². The lowest BCUT2D eigenvalue weighted by Gasteiger charge is -2.07. The van der Waals surface area contributed by atoms with Crippen LogP contribution in [0.5, 0.6) is 0 Å². The van der Waals surface area contributed by atoms with Crippen molar-refractivity contribution in [1.82, 2.24) is 9.55 Å². The summed E-state index contributed by atoms with van der Waals surface area (Å²) in [6, 6.07) is 7.40. The van der Waals surface area contributed by atoms with Gasteiger partial charge in [-0.05, 0) is 31.0 Å². The molecule has 0 amide bonds. The Morgan fingerprint density at radius 3 is 2.42 bits per heavy atom. The fourth-order valence-electron chi connectivity index (χ4n) is 1.93.